The molecule has 0 saturated carbocycles. The second-order valence-electron chi connectivity index (χ2n) is 6.29. The van der Waals surface area contributed by atoms with Gasteiger partial charge in [-0.05, 0) is 49.1 Å². The van der Waals surface area contributed by atoms with E-state index in [1.807, 2.05) is 31.4 Å². The maximum atomic E-state index is 12.2. The normalized spacial score (nSPS) is 10.7. The fraction of sp³-hybridized carbons (Fsp3) is 0.238. The van der Waals surface area contributed by atoms with E-state index in [1.54, 1.807) is 0 Å². The molecule has 1 N–H and O–H groups in total. The van der Waals surface area contributed by atoms with E-state index in [-0.39, 0.29) is 12.5 Å². The van der Waals surface area contributed by atoms with Crippen LogP contribution >= 0.6 is 22.9 Å². The molecule has 0 fully saturated rings. The van der Waals surface area contributed by atoms with Crippen LogP contribution in [-0.4, -0.2) is 17.5 Å². The summed E-state index contributed by atoms with van der Waals surface area (Å²) in [6, 6.07) is 11.9. The van der Waals surface area contributed by atoms with Gasteiger partial charge in [0.1, 0.15) is 5.75 Å². The lowest BCUT2D eigenvalue weighted by Gasteiger charge is -2.12. The number of anilines is 1. The van der Waals surface area contributed by atoms with Gasteiger partial charge in [-0.15, -0.1) is 11.3 Å². The van der Waals surface area contributed by atoms with Crippen molar-refractivity contribution in [2.45, 2.75) is 27.2 Å². The number of hydrogen-bond donors (Lipinski definition) is 1. The maximum absolute atomic E-state index is 12.2. The van der Waals surface area contributed by atoms with Crippen LogP contribution < -0.4 is 10.1 Å². The summed E-state index contributed by atoms with van der Waals surface area (Å²) < 4.78 is 5.68. The van der Waals surface area contributed by atoms with Gasteiger partial charge >= 0.3 is 0 Å². The highest BCUT2D eigenvalue weighted by Crippen LogP contribution is 2.28. The smallest absolute Gasteiger partial charge is 0.264 e. The molecule has 0 saturated heterocycles. The predicted molar refractivity (Wildman–Crippen MR) is 112 cm³/mol. The molecule has 0 aliphatic carbocycles. The largest absolute Gasteiger partial charge is 0.483 e. The van der Waals surface area contributed by atoms with Crippen molar-refractivity contribution in [3.63, 3.8) is 0 Å². The Balaban J connectivity index is 1.61. The summed E-state index contributed by atoms with van der Waals surface area (Å²) in [4.78, 5) is 16.7. The van der Waals surface area contributed by atoms with Gasteiger partial charge in [0, 0.05) is 16.0 Å². The number of ether oxygens (including phenoxy) is 1. The van der Waals surface area contributed by atoms with Crippen molar-refractivity contribution in [3.8, 4) is 17.0 Å². The molecule has 0 aliphatic rings. The van der Waals surface area contributed by atoms with Gasteiger partial charge in [-0.3, -0.25) is 10.1 Å². The molecular weight excluding hydrogens is 380 g/mol. The van der Waals surface area contributed by atoms with Crippen molar-refractivity contribution in [1.29, 1.82) is 0 Å². The highest BCUT2D eigenvalue weighted by atomic mass is 35.5. The maximum Gasteiger partial charge on any atom is 0.264 e. The van der Waals surface area contributed by atoms with E-state index in [0.717, 1.165) is 28.8 Å². The highest BCUT2D eigenvalue weighted by molar-refractivity contribution is 7.14. The molecule has 0 bridgehead atoms. The summed E-state index contributed by atoms with van der Waals surface area (Å²) in [5.41, 5.74) is 4.98. The molecule has 27 heavy (non-hydrogen) atoms. The molecule has 140 valence electrons. The minimum atomic E-state index is -0.244. The van der Waals surface area contributed by atoms with Gasteiger partial charge in [-0.2, -0.15) is 0 Å². The first-order chi connectivity index (χ1) is 13.0. The van der Waals surface area contributed by atoms with Crippen molar-refractivity contribution >= 4 is 34.0 Å². The standard InChI is InChI=1S/C21H21ClN2O2S/c1-4-15-5-7-16(8-6-15)18-12-27-21(23-18)24-19(25)11-26-20-13(2)9-17(22)10-14(20)3/h5-10,12H,4,11H2,1-3H3,(H,23,24,25). The molecule has 3 aromatic rings. The lowest BCUT2D eigenvalue weighted by Crippen LogP contribution is -2.20. The van der Waals surface area contributed by atoms with Gasteiger partial charge in [-0.1, -0.05) is 42.8 Å². The van der Waals surface area contributed by atoms with Gasteiger partial charge in [-0.25, -0.2) is 4.98 Å². The lowest BCUT2D eigenvalue weighted by molar-refractivity contribution is -0.118. The van der Waals surface area contributed by atoms with E-state index >= 15 is 0 Å². The monoisotopic (exact) mass is 400 g/mol. The number of carbonyl (C=O) groups is 1. The third-order valence-corrected chi connectivity index (χ3v) is 5.16. The molecule has 0 atom stereocenters. The molecule has 1 amide bonds. The Bertz CT molecular complexity index is 928. The van der Waals surface area contributed by atoms with Crippen LogP contribution in [0.1, 0.15) is 23.6 Å². The van der Waals surface area contributed by atoms with Crippen molar-refractivity contribution in [3.05, 3.63) is 63.5 Å². The second-order valence-corrected chi connectivity index (χ2v) is 7.59. The van der Waals surface area contributed by atoms with Gasteiger partial charge in [0.25, 0.3) is 5.91 Å². The molecule has 4 nitrogen and oxygen atoms in total. The topological polar surface area (TPSA) is 51.2 Å². The van der Waals surface area contributed by atoms with Crippen LogP contribution in [0.3, 0.4) is 0 Å². The number of nitrogens with one attached hydrogen (secondary N) is 1. The van der Waals surface area contributed by atoms with Crippen LogP contribution in [0.15, 0.2) is 41.8 Å². The van der Waals surface area contributed by atoms with E-state index in [9.17, 15) is 4.79 Å². The molecule has 0 radical (unpaired) electrons. The number of benzene rings is 2. The molecule has 0 aliphatic heterocycles. The first-order valence-electron chi connectivity index (χ1n) is 8.70. The summed E-state index contributed by atoms with van der Waals surface area (Å²) >= 11 is 7.42. The zero-order valence-corrected chi connectivity index (χ0v) is 17.1. The Kier molecular flexibility index (Phi) is 6.14. The quantitative estimate of drug-likeness (QED) is 0.580. The van der Waals surface area contributed by atoms with Gasteiger partial charge in [0.15, 0.2) is 11.7 Å². The van der Waals surface area contributed by atoms with Crippen LogP contribution in [0.2, 0.25) is 5.02 Å². The van der Waals surface area contributed by atoms with Crippen molar-refractivity contribution < 1.29 is 9.53 Å². The molecule has 2 aromatic carbocycles. The number of hydrogen-bond acceptors (Lipinski definition) is 4. The van der Waals surface area contributed by atoms with E-state index in [4.69, 9.17) is 16.3 Å². The van der Waals surface area contributed by atoms with Crippen LogP contribution in [0.5, 0.6) is 5.75 Å². The lowest BCUT2D eigenvalue weighted by atomic mass is 10.1. The molecule has 0 unspecified atom stereocenters. The summed E-state index contributed by atoms with van der Waals surface area (Å²) in [6.07, 6.45) is 1.01. The second kappa shape index (κ2) is 8.55. The average Bonchev–Trinajstić information content (AvgIpc) is 3.09. The van der Waals surface area contributed by atoms with E-state index in [0.29, 0.717) is 15.9 Å². The number of amides is 1. The summed E-state index contributed by atoms with van der Waals surface area (Å²) in [6.45, 7) is 5.86. The third kappa shape index (κ3) is 4.87. The first kappa shape index (κ1) is 19.4. The number of halogens is 1. The molecule has 1 aromatic heterocycles. The average molecular weight is 401 g/mol. The number of aromatic nitrogens is 1. The molecule has 0 spiro atoms. The summed E-state index contributed by atoms with van der Waals surface area (Å²) in [5.74, 6) is 0.441. The van der Waals surface area contributed by atoms with E-state index < -0.39 is 0 Å². The van der Waals surface area contributed by atoms with Crippen LogP contribution in [-0.2, 0) is 11.2 Å². The predicted octanol–water partition coefficient (Wildman–Crippen LogP) is 5.66. The van der Waals surface area contributed by atoms with Crippen molar-refractivity contribution in [1.82, 2.24) is 4.98 Å². The Labute approximate surface area is 168 Å². The number of carbonyl (C=O) groups excluding carboxylic acids is 1. The third-order valence-electron chi connectivity index (χ3n) is 4.18. The van der Waals surface area contributed by atoms with Gasteiger partial charge in [0.2, 0.25) is 0 Å². The Morgan fingerprint density at radius 1 is 1.19 bits per heavy atom. The SMILES string of the molecule is CCc1ccc(-c2csc(NC(=O)COc3c(C)cc(Cl)cc3C)n2)cc1. The Morgan fingerprint density at radius 3 is 2.48 bits per heavy atom. The molecule has 6 heteroatoms. The van der Waals surface area contributed by atoms with Crippen molar-refractivity contribution in [2.24, 2.45) is 0 Å². The van der Waals surface area contributed by atoms with E-state index in [2.05, 4.69) is 41.5 Å². The van der Waals surface area contributed by atoms with Gasteiger partial charge < -0.3 is 4.74 Å². The Hall–Kier alpha value is -2.37. The molecule has 1 heterocycles. The van der Waals surface area contributed by atoms with Crippen LogP contribution in [0.25, 0.3) is 11.3 Å². The Morgan fingerprint density at radius 2 is 1.85 bits per heavy atom. The molecular formula is C21H21ClN2O2S. The fourth-order valence-electron chi connectivity index (χ4n) is 2.79. The van der Waals surface area contributed by atoms with Crippen molar-refractivity contribution in [2.75, 3.05) is 11.9 Å². The number of nitrogens with zero attached hydrogens (tertiary/aromatic N) is 1. The zero-order chi connectivity index (χ0) is 19.4. The molecule has 3 rings (SSSR count). The number of thiazole rings is 1. The first-order valence-corrected chi connectivity index (χ1v) is 9.96. The highest BCUT2D eigenvalue weighted by Gasteiger charge is 2.11. The van der Waals surface area contributed by atoms with Gasteiger partial charge in [0.05, 0.1) is 5.69 Å². The zero-order valence-electron chi connectivity index (χ0n) is 15.5. The fourth-order valence-corrected chi connectivity index (χ4v) is 3.86. The van der Waals surface area contributed by atoms with Crippen LogP contribution in [0.4, 0.5) is 5.13 Å². The van der Waals surface area contributed by atoms with Crippen LogP contribution in [0, 0.1) is 13.8 Å². The number of rotatable bonds is 6. The number of aryl methyl sites for hydroxylation is 3. The minimum Gasteiger partial charge on any atom is -0.483 e. The summed E-state index contributed by atoms with van der Waals surface area (Å²) in [5, 5.41) is 5.94. The van der Waals surface area contributed by atoms with E-state index in [1.165, 1.54) is 16.9 Å². The minimum absolute atomic E-state index is 0.0799. The summed E-state index contributed by atoms with van der Waals surface area (Å²) in [7, 11) is 0.